The number of nitrogens with one attached hydrogen (secondary N) is 2. The Morgan fingerprint density at radius 1 is 1.45 bits per heavy atom. The fourth-order valence-corrected chi connectivity index (χ4v) is 3.29. The van der Waals surface area contributed by atoms with Crippen LogP contribution in [0.15, 0.2) is 11.1 Å². The number of carbonyl (C=O) groups is 1. The minimum Gasteiger partial charge on any atom is -0.339 e. The largest absolute Gasteiger partial charge is 0.339 e. The maximum atomic E-state index is 12.3. The van der Waals surface area contributed by atoms with Gasteiger partial charge >= 0.3 is 0 Å². The zero-order valence-corrected chi connectivity index (χ0v) is 12.4. The molecule has 112 valence electrons. The number of likely N-dealkylation sites (N-methyl/N-ethyl adjacent to an activating group) is 1. The third kappa shape index (κ3) is 3.00. The van der Waals surface area contributed by atoms with Crippen molar-refractivity contribution in [2.24, 2.45) is 0 Å². The molecule has 8 nitrogen and oxygen atoms in total. The number of hydrogen-bond acceptors (Lipinski definition) is 5. The van der Waals surface area contributed by atoms with Crippen molar-refractivity contribution in [3.63, 3.8) is 0 Å². The summed E-state index contributed by atoms with van der Waals surface area (Å²) in [4.78, 5) is 13.9. The molecule has 0 aliphatic carbocycles. The molecule has 0 atom stereocenters. The Balaban J connectivity index is 2.06. The van der Waals surface area contributed by atoms with Crippen molar-refractivity contribution in [3.05, 3.63) is 11.9 Å². The number of aryl methyl sites for hydroxylation is 1. The maximum Gasteiger partial charge on any atom is 0.246 e. The van der Waals surface area contributed by atoms with E-state index in [-0.39, 0.29) is 17.3 Å². The fraction of sp³-hybridized carbons (Fsp3) is 0.636. The lowest BCUT2D eigenvalue weighted by atomic mass is 10.3. The predicted molar refractivity (Wildman–Crippen MR) is 72.6 cm³/mol. The molecule has 2 heterocycles. The van der Waals surface area contributed by atoms with Crippen molar-refractivity contribution in [1.82, 2.24) is 24.7 Å². The molecule has 20 heavy (non-hydrogen) atoms. The van der Waals surface area contributed by atoms with E-state index in [4.69, 9.17) is 0 Å². The van der Waals surface area contributed by atoms with Crippen LogP contribution in [0.3, 0.4) is 0 Å². The summed E-state index contributed by atoms with van der Waals surface area (Å²) in [6.45, 7) is 4.17. The molecular formula is C11H19N5O3S. The molecular weight excluding hydrogens is 282 g/mol. The molecule has 0 bridgehead atoms. The van der Waals surface area contributed by atoms with Crippen LogP contribution in [0.25, 0.3) is 0 Å². The Morgan fingerprint density at radius 2 is 2.10 bits per heavy atom. The van der Waals surface area contributed by atoms with E-state index >= 15 is 0 Å². The van der Waals surface area contributed by atoms with Crippen LogP contribution < -0.4 is 5.32 Å². The molecule has 1 aliphatic heterocycles. The maximum absolute atomic E-state index is 12.3. The number of sulfonamides is 1. The number of nitrogens with zero attached hydrogens (tertiary/aromatic N) is 3. The fourth-order valence-electron chi connectivity index (χ4n) is 2.06. The van der Waals surface area contributed by atoms with Gasteiger partial charge < -0.3 is 10.2 Å². The molecule has 1 amide bonds. The minimum atomic E-state index is -3.68. The van der Waals surface area contributed by atoms with E-state index in [0.717, 1.165) is 17.4 Å². The second-order valence-corrected chi connectivity index (χ2v) is 6.76. The Labute approximate surface area is 118 Å². The molecule has 0 unspecified atom stereocenters. The third-order valence-electron chi connectivity index (χ3n) is 3.30. The Kier molecular flexibility index (Phi) is 4.41. The van der Waals surface area contributed by atoms with Gasteiger partial charge in [0.15, 0.2) is 0 Å². The first-order chi connectivity index (χ1) is 9.43. The van der Waals surface area contributed by atoms with Crippen molar-refractivity contribution in [1.29, 1.82) is 0 Å². The van der Waals surface area contributed by atoms with Gasteiger partial charge in [-0.25, -0.2) is 8.42 Å². The van der Waals surface area contributed by atoms with Crippen LogP contribution in [0.1, 0.15) is 5.69 Å². The van der Waals surface area contributed by atoms with Crippen molar-refractivity contribution < 1.29 is 13.2 Å². The van der Waals surface area contributed by atoms with Gasteiger partial charge in [-0.15, -0.1) is 0 Å². The van der Waals surface area contributed by atoms with Gasteiger partial charge in [0.1, 0.15) is 4.90 Å². The Bertz CT molecular complexity index is 577. The summed E-state index contributed by atoms with van der Waals surface area (Å²) in [5.74, 6) is -0.182. The van der Waals surface area contributed by atoms with E-state index in [1.807, 2.05) is 0 Å². The standard InChI is InChI=1S/C11H19N5O3S/c1-9-10(7-13-14-9)20(18,19)15(2)8-11(17)16-5-3-12-4-6-16/h7,12H,3-6,8H2,1-2H3,(H,13,14). The summed E-state index contributed by atoms with van der Waals surface area (Å²) in [6, 6.07) is 0. The van der Waals surface area contributed by atoms with Gasteiger partial charge in [0.05, 0.1) is 18.4 Å². The number of carbonyl (C=O) groups excluding carboxylic acids is 1. The van der Waals surface area contributed by atoms with Crippen molar-refractivity contribution >= 4 is 15.9 Å². The number of rotatable bonds is 4. The topological polar surface area (TPSA) is 98.4 Å². The van der Waals surface area contributed by atoms with E-state index in [1.165, 1.54) is 13.2 Å². The van der Waals surface area contributed by atoms with Gasteiger partial charge in [0.25, 0.3) is 0 Å². The molecule has 0 spiro atoms. The van der Waals surface area contributed by atoms with Crippen LogP contribution >= 0.6 is 0 Å². The Morgan fingerprint density at radius 3 is 2.65 bits per heavy atom. The summed E-state index contributed by atoms with van der Waals surface area (Å²) in [7, 11) is -2.28. The van der Waals surface area contributed by atoms with E-state index in [1.54, 1.807) is 11.8 Å². The first-order valence-corrected chi connectivity index (χ1v) is 7.81. The molecule has 0 saturated carbocycles. The normalized spacial score (nSPS) is 16.6. The SMILES string of the molecule is Cc1[nH]ncc1S(=O)(=O)N(C)CC(=O)N1CCNCC1. The smallest absolute Gasteiger partial charge is 0.246 e. The monoisotopic (exact) mass is 301 g/mol. The van der Waals surface area contributed by atoms with E-state index in [9.17, 15) is 13.2 Å². The van der Waals surface area contributed by atoms with E-state index < -0.39 is 10.0 Å². The lowest BCUT2D eigenvalue weighted by Crippen LogP contribution is -2.49. The van der Waals surface area contributed by atoms with Crippen LogP contribution in [-0.2, 0) is 14.8 Å². The highest BCUT2D eigenvalue weighted by molar-refractivity contribution is 7.89. The highest BCUT2D eigenvalue weighted by Gasteiger charge is 2.27. The summed E-state index contributed by atoms with van der Waals surface area (Å²) < 4.78 is 25.7. The van der Waals surface area contributed by atoms with Crippen molar-refractivity contribution in [2.45, 2.75) is 11.8 Å². The number of H-pyrrole nitrogens is 1. The van der Waals surface area contributed by atoms with E-state index in [2.05, 4.69) is 15.5 Å². The van der Waals surface area contributed by atoms with Crippen LogP contribution in [0.5, 0.6) is 0 Å². The van der Waals surface area contributed by atoms with Gasteiger partial charge in [-0.1, -0.05) is 0 Å². The van der Waals surface area contributed by atoms with Crippen LogP contribution in [0.2, 0.25) is 0 Å². The number of aromatic amines is 1. The lowest BCUT2D eigenvalue weighted by Gasteiger charge is -2.29. The molecule has 1 aliphatic rings. The lowest BCUT2D eigenvalue weighted by molar-refractivity contribution is -0.131. The number of amides is 1. The van der Waals surface area contributed by atoms with Crippen molar-refractivity contribution in [2.75, 3.05) is 39.8 Å². The zero-order chi connectivity index (χ0) is 14.8. The average Bonchev–Trinajstić information content (AvgIpc) is 2.86. The van der Waals surface area contributed by atoms with Crippen LogP contribution in [-0.4, -0.2) is 73.5 Å². The molecule has 1 aromatic rings. The molecule has 1 saturated heterocycles. The van der Waals surface area contributed by atoms with E-state index in [0.29, 0.717) is 18.8 Å². The van der Waals surface area contributed by atoms with Crippen LogP contribution in [0.4, 0.5) is 0 Å². The van der Waals surface area contributed by atoms with Gasteiger partial charge in [0.2, 0.25) is 15.9 Å². The predicted octanol–water partition coefficient (Wildman–Crippen LogP) is -1.23. The van der Waals surface area contributed by atoms with Gasteiger partial charge in [0, 0.05) is 33.2 Å². The Hall–Kier alpha value is -1.45. The number of aromatic nitrogens is 2. The summed E-state index contributed by atoms with van der Waals surface area (Å²) in [5.41, 5.74) is 0.464. The molecule has 2 N–H and O–H groups in total. The third-order valence-corrected chi connectivity index (χ3v) is 5.22. The average molecular weight is 301 g/mol. The zero-order valence-electron chi connectivity index (χ0n) is 11.6. The summed E-state index contributed by atoms with van der Waals surface area (Å²) in [5, 5.41) is 9.44. The van der Waals surface area contributed by atoms with Crippen molar-refractivity contribution in [3.8, 4) is 0 Å². The molecule has 1 fully saturated rings. The van der Waals surface area contributed by atoms with Gasteiger partial charge in [-0.3, -0.25) is 9.89 Å². The van der Waals surface area contributed by atoms with Crippen LogP contribution in [0, 0.1) is 6.92 Å². The second kappa shape index (κ2) is 5.90. The first kappa shape index (κ1) is 14.9. The second-order valence-electron chi connectivity index (χ2n) is 4.75. The molecule has 2 rings (SSSR count). The highest BCUT2D eigenvalue weighted by atomic mass is 32.2. The summed E-state index contributed by atoms with van der Waals surface area (Å²) >= 11 is 0. The molecule has 0 radical (unpaired) electrons. The number of piperazine rings is 1. The quantitative estimate of drug-likeness (QED) is 0.725. The minimum absolute atomic E-state index is 0.105. The first-order valence-electron chi connectivity index (χ1n) is 6.37. The highest BCUT2D eigenvalue weighted by Crippen LogP contribution is 2.16. The summed E-state index contributed by atoms with van der Waals surface area (Å²) in [6.07, 6.45) is 1.26. The van der Waals surface area contributed by atoms with Gasteiger partial charge in [-0.2, -0.15) is 9.40 Å². The van der Waals surface area contributed by atoms with Gasteiger partial charge in [-0.05, 0) is 6.92 Å². The molecule has 9 heteroatoms. The molecule has 0 aromatic carbocycles. The number of hydrogen-bond donors (Lipinski definition) is 2. The molecule has 1 aromatic heterocycles.